The number of carbonyl (C=O) groups is 4. The highest BCUT2D eigenvalue weighted by molar-refractivity contribution is 5.74. The summed E-state index contributed by atoms with van der Waals surface area (Å²) < 4.78 is 28.4. The predicted molar refractivity (Wildman–Crippen MR) is 321 cm³/mol. The number of esters is 3. The maximum absolute atomic E-state index is 13.1. The number of rotatable bonds is 53. The van der Waals surface area contributed by atoms with Gasteiger partial charge in [-0.2, -0.15) is 0 Å². The monoisotopic (exact) mass is 1110 g/mol. The Labute approximate surface area is 480 Å². The maximum Gasteiger partial charge on any atom is 0.335 e. The van der Waals surface area contributed by atoms with Crippen LogP contribution in [-0.4, -0.2) is 89.2 Å². The van der Waals surface area contributed by atoms with Crippen LogP contribution in [0.15, 0.2) is 85.1 Å². The van der Waals surface area contributed by atoms with Gasteiger partial charge < -0.3 is 39.0 Å². The van der Waals surface area contributed by atoms with E-state index in [0.717, 1.165) is 89.9 Å². The smallest absolute Gasteiger partial charge is 0.335 e. The number of carbonyl (C=O) groups excluding carboxylic acids is 3. The van der Waals surface area contributed by atoms with Crippen LogP contribution < -0.4 is 0 Å². The third kappa shape index (κ3) is 44.3. The molecule has 0 radical (unpaired) electrons. The highest BCUT2D eigenvalue weighted by Gasteiger charge is 2.50. The van der Waals surface area contributed by atoms with Crippen LogP contribution in [0.3, 0.4) is 0 Å². The van der Waals surface area contributed by atoms with Crippen molar-refractivity contribution in [1.82, 2.24) is 0 Å². The number of carboxylic acids is 1. The number of allylic oxidation sites excluding steroid dienone is 14. The van der Waals surface area contributed by atoms with Gasteiger partial charge in [-0.1, -0.05) is 228 Å². The van der Waals surface area contributed by atoms with E-state index in [4.69, 9.17) is 23.7 Å². The molecule has 1 aliphatic rings. The van der Waals surface area contributed by atoms with Crippen LogP contribution in [0.25, 0.3) is 0 Å². The number of aliphatic carboxylic acids is 1. The summed E-state index contributed by atoms with van der Waals surface area (Å²) in [6.07, 6.45) is 58.5. The van der Waals surface area contributed by atoms with Gasteiger partial charge in [-0.25, -0.2) is 4.79 Å². The lowest BCUT2D eigenvalue weighted by molar-refractivity contribution is -0.301. The number of ether oxygens (including phenoxy) is 5. The fourth-order valence-electron chi connectivity index (χ4n) is 9.11. The first kappa shape index (κ1) is 72.9. The van der Waals surface area contributed by atoms with E-state index in [1.807, 2.05) is 12.2 Å². The fraction of sp³-hybridized carbons (Fsp3) is 0.731. The van der Waals surface area contributed by atoms with Gasteiger partial charge in [0.2, 0.25) is 0 Å². The molecular weight excluding hydrogens is 997 g/mol. The number of hydrogen-bond acceptors (Lipinski definition) is 11. The molecule has 0 aliphatic carbocycles. The molecule has 1 rings (SSSR count). The summed E-state index contributed by atoms with van der Waals surface area (Å²) >= 11 is 0. The number of aliphatic hydroxyl groups excluding tert-OH is 2. The molecule has 0 amide bonds. The molecule has 1 fully saturated rings. The molecule has 6 unspecified atom stereocenters. The molecule has 6 atom stereocenters. The SMILES string of the molecule is CC/C=C\C/C=C\C/C=C\C/C=C\CCC(=O)OC(COC(=O)CCCCCCCCC/C=C\C/C=C\CCCCC)COC1OC(C(=O)O)C(O)C(O)C1OC(=O)CCCCCCCCCCC/C=C\CCCCCCCC. The van der Waals surface area contributed by atoms with Gasteiger partial charge in [0.25, 0.3) is 0 Å². The zero-order valence-electron chi connectivity index (χ0n) is 49.8. The first-order chi connectivity index (χ1) is 38.6. The highest BCUT2D eigenvalue weighted by atomic mass is 16.7. The Morgan fingerprint density at radius 3 is 1.30 bits per heavy atom. The second-order valence-corrected chi connectivity index (χ2v) is 21.3. The number of carboxylic acid groups (broad SMARTS) is 1. The zero-order chi connectivity index (χ0) is 57.5. The van der Waals surface area contributed by atoms with Crippen molar-refractivity contribution in [3.8, 4) is 0 Å². The Bertz CT molecular complexity index is 1700. The van der Waals surface area contributed by atoms with Crippen molar-refractivity contribution in [3.05, 3.63) is 85.1 Å². The summed E-state index contributed by atoms with van der Waals surface area (Å²) in [4.78, 5) is 51.2. The lowest BCUT2D eigenvalue weighted by Crippen LogP contribution is -2.61. The quantitative estimate of drug-likeness (QED) is 0.0228. The minimum absolute atomic E-state index is 0.0376. The number of aliphatic hydroxyl groups is 2. The molecule has 12 nitrogen and oxygen atoms in total. The van der Waals surface area contributed by atoms with E-state index in [9.17, 15) is 34.5 Å². The Morgan fingerprint density at radius 1 is 0.430 bits per heavy atom. The van der Waals surface area contributed by atoms with Crippen molar-refractivity contribution in [3.63, 3.8) is 0 Å². The van der Waals surface area contributed by atoms with E-state index in [2.05, 4.69) is 93.7 Å². The van der Waals surface area contributed by atoms with E-state index in [1.54, 1.807) is 0 Å². The Balaban J connectivity index is 2.68. The van der Waals surface area contributed by atoms with E-state index in [0.29, 0.717) is 25.7 Å². The summed E-state index contributed by atoms with van der Waals surface area (Å²) in [6, 6.07) is 0. The van der Waals surface area contributed by atoms with Crippen LogP contribution in [0.5, 0.6) is 0 Å². The molecule has 12 heteroatoms. The molecule has 0 aromatic rings. The van der Waals surface area contributed by atoms with Crippen molar-refractivity contribution >= 4 is 23.9 Å². The van der Waals surface area contributed by atoms with Crippen LogP contribution in [0, 0.1) is 0 Å². The van der Waals surface area contributed by atoms with E-state index in [-0.39, 0.29) is 25.9 Å². The molecule has 1 heterocycles. The van der Waals surface area contributed by atoms with Crippen LogP contribution in [-0.2, 0) is 42.9 Å². The second-order valence-electron chi connectivity index (χ2n) is 21.3. The van der Waals surface area contributed by atoms with Crippen LogP contribution in [0.2, 0.25) is 0 Å². The van der Waals surface area contributed by atoms with Crippen molar-refractivity contribution in [1.29, 1.82) is 0 Å². The standard InChI is InChI=1S/C67H112O12/c1-4-7-10-13-16-19-22-25-27-29-30-32-34-37-40-43-46-49-52-55-61(70)78-65-63(72)62(71)64(66(73)74)79-67(65)76-57-58(77-60(69)54-51-48-45-42-39-35-24-21-18-15-12-9-6-3)56-75-59(68)53-50-47-44-41-38-36-33-31-28-26-23-20-17-14-11-8-5-2/h9,12,17-18,20-21,25-28,35,39,45,48,58,62-65,67,71-72H,4-8,10-11,13-16,19,22-24,29-34,36-38,40-44,46-47,49-57H2,1-3H3,(H,73,74)/b12-9-,20-17-,21-18-,27-25-,28-26-,39-35-,48-45-. The summed E-state index contributed by atoms with van der Waals surface area (Å²) in [7, 11) is 0. The second kappa shape index (κ2) is 54.5. The van der Waals surface area contributed by atoms with Crippen molar-refractivity contribution < 1.29 is 58.2 Å². The largest absolute Gasteiger partial charge is 0.479 e. The first-order valence-electron chi connectivity index (χ1n) is 31.6. The number of unbranched alkanes of at least 4 members (excludes halogenated alkanes) is 25. The molecule has 1 saturated heterocycles. The van der Waals surface area contributed by atoms with Gasteiger partial charge in [-0.15, -0.1) is 0 Å². The molecule has 452 valence electrons. The minimum Gasteiger partial charge on any atom is -0.479 e. The van der Waals surface area contributed by atoms with Gasteiger partial charge >= 0.3 is 23.9 Å². The lowest BCUT2D eigenvalue weighted by Gasteiger charge is -2.40. The van der Waals surface area contributed by atoms with E-state index >= 15 is 0 Å². The van der Waals surface area contributed by atoms with Gasteiger partial charge in [0.05, 0.1) is 6.61 Å². The van der Waals surface area contributed by atoms with Crippen molar-refractivity contribution in [2.24, 2.45) is 0 Å². The lowest BCUT2D eigenvalue weighted by atomic mass is 9.98. The minimum atomic E-state index is -1.92. The summed E-state index contributed by atoms with van der Waals surface area (Å²) in [5.74, 6) is -3.24. The molecule has 0 saturated carbocycles. The average molecular weight is 1110 g/mol. The Hall–Kier alpha value is -4.10. The predicted octanol–water partition coefficient (Wildman–Crippen LogP) is 16.7. The number of hydrogen-bond donors (Lipinski definition) is 3. The van der Waals surface area contributed by atoms with E-state index in [1.165, 1.54) is 109 Å². The zero-order valence-corrected chi connectivity index (χ0v) is 49.8. The van der Waals surface area contributed by atoms with Crippen molar-refractivity contribution in [2.45, 2.75) is 302 Å². The maximum atomic E-state index is 13.1. The summed E-state index contributed by atoms with van der Waals surface area (Å²) in [5.41, 5.74) is 0. The molecule has 79 heavy (non-hydrogen) atoms. The van der Waals surface area contributed by atoms with Crippen LogP contribution in [0.4, 0.5) is 0 Å². The third-order valence-electron chi connectivity index (χ3n) is 13.9. The topological polar surface area (TPSA) is 175 Å². The summed E-state index contributed by atoms with van der Waals surface area (Å²) in [6.45, 7) is 5.80. The molecule has 1 aliphatic heterocycles. The Kier molecular flexibility index (Phi) is 50.3. The first-order valence-corrected chi connectivity index (χ1v) is 31.6. The third-order valence-corrected chi connectivity index (χ3v) is 13.9. The average Bonchev–Trinajstić information content (AvgIpc) is 3.43. The van der Waals surface area contributed by atoms with Gasteiger partial charge in [-0.05, 0) is 103 Å². The van der Waals surface area contributed by atoms with Crippen LogP contribution >= 0.6 is 0 Å². The molecule has 0 bridgehead atoms. The molecule has 3 N–H and O–H groups in total. The van der Waals surface area contributed by atoms with Gasteiger partial charge in [0.1, 0.15) is 18.8 Å². The molecule has 0 aromatic heterocycles. The highest BCUT2D eigenvalue weighted by Crippen LogP contribution is 2.26. The van der Waals surface area contributed by atoms with E-state index < -0.39 is 67.3 Å². The van der Waals surface area contributed by atoms with Gasteiger partial charge in [0.15, 0.2) is 24.6 Å². The van der Waals surface area contributed by atoms with Crippen LogP contribution in [0.1, 0.15) is 265 Å². The summed E-state index contributed by atoms with van der Waals surface area (Å²) in [5, 5.41) is 31.5. The van der Waals surface area contributed by atoms with Gasteiger partial charge in [0, 0.05) is 19.3 Å². The van der Waals surface area contributed by atoms with Crippen molar-refractivity contribution in [2.75, 3.05) is 13.2 Å². The molecule has 0 aromatic carbocycles. The Morgan fingerprint density at radius 2 is 0.823 bits per heavy atom. The molecule has 0 spiro atoms. The normalized spacial score (nSPS) is 18.4. The fourth-order valence-corrected chi connectivity index (χ4v) is 9.11. The molecular formula is C67H112O12. The van der Waals surface area contributed by atoms with Gasteiger partial charge in [-0.3, -0.25) is 14.4 Å².